The van der Waals surface area contributed by atoms with Crippen LogP contribution in [0.4, 0.5) is 0 Å². The first-order valence-electron chi connectivity index (χ1n) is 0.612. The summed E-state index contributed by atoms with van der Waals surface area (Å²) in [5.74, 6) is 0. The van der Waals surface area contributed by atoms with Gasteiger partial charge in [-0.25, -0.2) is 0 Å². The number of rotatable bonds is 0. The van der Waals surface area contributed by atoms with Crippen molar-refractivity contribution in [3.63, 3.8) is 0 Å². The van der Waals surface area contributed by atoms with Crippen LogP contribution in [0.2, 0.25) is 0 Å². The molecule has 9 heavy (non-hydrogen) atoms. The van der Waals surface area contributed by atoms with Crippen molar-refractivity contribution in [1.29, 1.82) is 0 Å². The molecule has 0 unspecified atom stereocenters. The molecule has 0 spiro atoms. The van der Waals surface area contributed by atoms with Gasteiger partial charge in [-0.1, -0.05) is 0 Å². The molecule has 0 heterocycles. The molecule has 0 aromatic heterocycles. The maximum Gasteiger partial charge on any atom is 0 e. The van der Waals surface area contributed by atoms with Crippen LogP contribution in [0.5, 0.6) is 0 Å². The summed E-state index contributed by atoms with van der Waals surface area (Å²) in [6, 6.07) is 0. The van der Waals surface area contributed by atoms with Gasteiger partial charge in [0, 0.05) is 20.4 Å². The van der Waals surface area contributed by atoms with Gasteiger partial charge in [0.05, 0.1) is 0 Å². The summed E-state index contributed by atoms with van der Waals surface area (Å²) in [4.78, 5) is 0. The van der Waals surface area contributed by atoms with Crippen LogP contribution in [0, 0.1) is 20.0 Å². The fourth-order valence-electron chi connectivity index (χ4n) is 0. The summed E-state index contributed by atoms with van der Waals surface area (Å²) in [7, 11) is 0. The van der Waals surface area contributed by atoms with Gasteiger partial charge < -0.3 is 11.0 Å². The van der Waals surface area contributed by atoms with Crippen molar-refractivity contribution < 1.29 is 45.3 Å². The quantitative estimate of drug-likeness (QED) is 0.371. The molecule has 0 aliphatic rings. The van der Waals surface area contributed by atoms with Crippen LogP contribution in [-0.4, -0.2) is 11.0 Å². The third-order valence-corrected chi connectivity index (χ3v) is 0. The summed E-state index contributed by atoms with van der Waals surface area (Å²) in [5, 5.41) is 0. The molecule has 0 saturated carbocycles. The summed E-state index contributed by atoms with van der Waals surface area (Å²) in [6.07, 6.45) is 0. The molecule has 53 valence electrons. The molecular weight excluding hydrogens is 302 g/mol. The van der Waals surface area contributed by atoms with Crippen LogP contribution in [0.1, 0.15) is 0 Å². The van der Waals surface area contributed by atoms with E-state index in [0.29, 0.717) is 0 Å². The Morgan fingerprint density at radius 3 is 0.556 bits per heavy atom. The van der Waals surface area contributed by atoms with E-state index in [1.807, 2.05) is 0 Å². The van der Waals surface area contributed by atoms with E-state index in [1.54, 1.807) is 0 Å². The van der Waals surface area contributed by atoms with Gasteiger partial charge in [-0.05, 0) is 0 Å². The predicted molar refractivity (Wildman–Crippen MR) is 19.0 cm³/mol. The smallest absolute Gasteiger partial charge is 0 e. The fourth-order valence-corrected chi connectivity index (χ4v) is 0. The molecule has 0 bridgehead atoms. The fraction of sp³-hybridized carbons (Fsp3) is 0. The second-order valence-corrected chi connectivity index (χ2v) is 0. The van der Waals surface area contributed by atoms with Crippen LogP contribution in [0.15, 0.2) is 0 Å². The van der Waals surface area contributed by atoms with Gasteiger partial charge in [0.15, 0.2) is 0 Å². The summed E-state index contributed by atoms with van der Waals surface area (Å²) >= 11 is 0. The van der Waals surface area contributed by atoms with Crippen molar-refractivity contribution in [3.8, 4) is 0 Å². The largest absolute Gasteiger partial charge is 0 e. The van der Waals surface area contributed by atoms with E-state index >= 15 is 0 Å². The zero-order valence-corrected chi connectivity index (χ0v) is 6.82. The van der Waals surface area contributed by atoms with Crippen molar-refractivity contribution in [2.45, 2.75) is 0 Å². The monoisotopic (exact) mass is 307 g/mol. The first-order valence-corrected chi connectivity index (χ1v) is 0.612. The van der Waals surface area contributed by atoms with E-state index in [9.17, 15) is 0 Å². The Labute approximate surface area is 65.9 Å². The van der Waals surface area contributed by atoms with Gasteiger partial charge >= 0.3 is 33.9 Å². The average Bonchev–Trinajstić information content (AvgIpc) is 1.81. The minimum absolute atomic E-state index is 0. The Balaban J connectivity index is -0.00000000321. The maximum atomic E-state index is 7.50. The van der Waals surface area contributed by atoms with E-state index in [-0.39, 0.29) is 31.4 Å². The summed E-state index contributed by atoms with van der Waals surface area (Å²) in [6.45, 7) is 13.5. The van der Waals surface area contributed by atoms with Crippen molar-refractivity contribution in [1.82, 2.24) is 0 Å². The van der Waals surface area contributed by atoms with Crippen LogP contribution in [0.3, 0.4) is 0 Å². The van der Waals surface area contributed by atoms with Crippen molar-refractivity contribution in [2.24, 2.45) is 0 Å². The molecule has 0 aliphatic heterocycles. The molecule has 0 amide bonds. The molecule has 0 aromatic rings. The van der Waals surface area contributed by atoms with Crippen LogP contribution >= 0.6 is 0 Å². The third-order valence-electron chi connectivity index (χ3n) is 0. The Morgan fingerprint density at radius 1 is 0.556 bits per heavy atom. The molecule has 6 heteroatoms. The molecule has 0 saturated heterocycles. The molecule has 4 N–H and O–H groups in total. The van der Waals surface area contributed by atoms with Gasteiger partial charge in [0.2, 0.25) is 0 Å². The van der Waals surface area contributed by atoms with Crippen LogP contribution in [0.25, 0.3) is 0 Å². The Hall–Kier alpha value is -0.198. The topological polar surface area (TPSA) is 123 Å². The molecule has 1 radical (unpaired) electrons. The number of hydrogen-bond donors (Lipinski definition) is 0. The number of hydrogen-bond acceptors (Lipinski definition) is 0. The van der Waals surface area contributed by atoms with E-state index in [1.165, 1.54) is 0 Å². The van der Waals surface area contributed by atoms with Gasteiger partial charge in [0.25, 0.3) is 0 Å². The van der Waals surface area contributed by atoms with Gasteiger partial charge in [0.1, 0.15) is 0 Å². The zero-order chi connectivity index (χ0) is 6.00. The Bertz CT molecular complexity index is 40.7. The van der Waals surface area contributed by atoms with Gasteiger partial charge in [-0.2, -0.15) is 0 Å². The van der Waals surface area contributed by atoms with E-state index < -0.39 is 0 Å². The maximum absolute atomic E-state index is 7.50. The average molecular weight is 306 g/mol. The van der Waals surface area contributed by atoms with Crippen molar-refractivity contribution in [2.75, 3.05) is 0 Å². The van der Waals surface area contributed by atoms with E-state index in [4.69, 9.17) is 14.0 Å². The normalized spacial score (nSPS) is 0.667. The first-order chi connectivity index (χ1) is 3.00. The van der Waals surface area contributed by atoms with Crippen LogP contribution in [-0.2, 0) is 34.4 Å². The minimum atomic E-state index is 0. The summed E-state index contributed by atoms with van der Waals surface area (Å²) < 4.78 is 22.5. The first kappa shape index (κ1) is 68.2. The molecule has 0 atom stereocenters. The Kier molecular flexibility index (Phi) is 70100. The van der Waals surface area contributed by atoms with Gasteiger partial charge in [-0.15, -0.1) is 0 Å². The third kappa shape index (κ3) is 6720. The molecule has 0 rings (SSSR count). The molecule has 0 aliphatic carbocycles. The van der Waals surface area contributed by atoms with Crippen molar-refractivity contribution in [3.05, 3.63) is 20.0 Å². The van der Waals surface area contributed by atoms with Crippen LogP contribution < -0.4 is 0 Å². The SMILES string of the molecule is O.O.[C-]#[O+].[C-]#[O+].[C-]#[O+].[Re]. The molecular formula is C3H4O5Re. The van der Waals surface area contributed by atoms with E-state index in [0.717, 1.165) is 0 Å². The Morgan fingerprint density at radius 2 is 0.556 bits per heavy atom. The molecule has 0 aromatic carbocycles. The minimum Gasteiger partial charge on any atom is 0 e. The second-order valence-electron chi connectivity index (χ2n) is 0. The molecule has 0 fully saturated rings. The zero-order valence-electron chi connectivity index (χ0n) is 4.10. The summed E-state index contributed by atoms with van der Waals surface area (Å²) in [5.41, 5.74) is 0. The predicted octanol–water partition coefficient (Wildman–Crippen LogP) is -1.76. The second kappa shape index (κ2) is 9240. The molecule has 5 nitrogen and oxygen atoms in total. The van der Waals surface area contributed by atoms with Gasteiger partial charge in [-0.3, -0.25) is 0 Å². The standard InChI is InChI=1S/3CO.2H2O.Re/c3*1-2;;;/h;;;2*1H2;. The van der Waals surface area contributed by atoms with E-state index in [2.05, 4.69) is 20.0 Å². The van der Waals surface area contributed by atoms with Crippen molar-refractivity contribution >= 4 is 0 Å².